The Morgan fingerprint density at radius 3 is 2.29 bits per heavy atom. The molecule has 0 radical (unpaired) electrons. The number of hydrogen-bond donors (Lipinski definition) is 2. The average Bonchev–Trinajstić information content (AvgIpc) is 3.62. The van der Waals surface area contributed by atoms with Crippen molar-refractivity contribution >= 4 is 35.0 Å². The highest BCUT2D eigenvalue weighted by atomic mass is 32.2. The van der Waals surface area contributed by atoms with E-state index in [1.807, 2.05) is 86.6 Å². The molecule has 158 valence electrons. The molecule has 0 bridgehead atoms. The summed E-state index contributed by atoms with van der Waals surface area (Å²) in [7, 11) is 0. The van der Waals surface area contributed by atoms with Crippen LogP contribution in [0.3, 0.4) is 0 Å². The zero-order valence-corrected chi connectivity index (χ0v) is 18.5. The smallest absolute Gasteiger partial charge is 0.242 e. The van der Waals surface area contributed by atoms with Gasteiger partial charge in [-0.1, -0.05) is 42.5 Å². The molecule has 0 saturated heterocycles. The van der Waals surface area contributed by atoms with Crippen LogP contribution in [0.5, 0.6) is 0 Å². The van der Waals surface area contributed by atoms with Gasteiger partial charge >= 0.3 is 0 Å². The van der Waals surface area contributed by atoms with E-state index in [2.05, 4.69) is 10.6 Å². The summed E-state index contributed by atoms with van der Waals surface area (Å²) in [5.41, 5.74) is 4.71. The average molecular weight is 431 g/mol. The number of anilines is 2. The van der Waals surface area contributed by atoms with Gasteiger partial charge in [-0.25, -0.2) is 0 Å². The van der Waals surface area contributed by atoms with Gasteiger partial charge < -0.3 is 10.6 Å². The molecule has 1 saturated carbocycles. The zero-order valence-electron chi connectivity index (χ0n) is 17.7. The van der Waals surface area contributed by atoms with E-state index in [0.29, 0.717) is 0 Å². The highest BCUT2D eigenvalue weighted by molar-refractivity contribution is 8.00. The van der Waals surface area contributed by atoms with Gasteiger partial charge in [0.05, 0.1) is 0 Å². The fraction of sp³-hybridized carbons (Fsp3) is 0.231. The fourth-order valence-corrected chi connectivity index (χ4v) is 4.34. The van der Waals surface area contributed by atoms with E-state index in [4.69, 9.17) is 0 Å². The number of nitrogens with one attached hydrogen (secondary N) is 2. The number of thioether (sulfide) groups is 1. The molecule has 1 unspecified atom stereocenters. The van der Waals surface area contributed by atoms with Crippen LogP contribution < -0.4 is 10.6 Å². The molecule has 0 aromatic heterocycles. The second-order valence-electron chi connectivity index (χ2n) is 8.00. The van der Waals surface area contributed by atoms with Crippen molar-refractivity contribution in [1.29, 1.82) is 0 Å². The van der Waals surface area contributed by atoms with E-state index in [9.17, 15) is 9.59 Å². The van der Waals surface area contributed by atoms with Crippen molar-refractivity contribution in [1.82, 2.24) is 0 Å². The summed E-state index contributed by atoms with van der Waals surface area (Å²) in [6.45, 7) is 4.01. The van der Waals surface area contributed by atoms with Gasteiger partial charge in [-0.3, -0.25) is 9.59 Å². The van der Waals surface area contributed by atoms with Crippen LogP contribution >= 0.6 is 11.8 Å². The van der Waals surface area contributed by atoms with E-state index in [1.165, 1.54) is 11.8 Å². The van der Waals surface area contributed by atoms with E-state index < -0.39 is 5.25 Å². The molecule has 0 aliphatic heterocycles. The summed E-state index contributed by atoms with van der Waals surface area (Å²) in [6.07, 6.45) is 1.96. The largest absolute Gasteiger partial charge is 0.326 e. The minimum Gasteiger partial charge on any atom is -0.326 e. The summed E-state index contributed by atoms with van der Waals surface area (Å²) in [5, 5.41) is 5.67. The lowest BCUT2D eigenvalue weighted by molar-refractivity contribution is -0.117. The molecule has 0 spiro atoms. The fourth-order valence-electron chi connectivity index (χ4n) is 3.31. The molecule has 2 amide bonds. The number of amides is 2. The Kier molecular flexibility index (Phi) is 6.42. The molecule has 1 aliphatic carbocycles. The number of carbonyl (C=O) groups excluding carboxylic acids is 2. The second-order valence-corrected chi connectivity index (χ2v) is 9.18. The third-order valence-electron chi connectivity index (χ3n) is 5.32. The third-order valence-corrected chi connectivity index (χ3v) is 6.58. The van der Waals surface area contributed by atoms with E-state index in [0.717, 1.165) is 45.8 Å². The van der Waals surface area contributed by atoms with Gasteiger partial charge in [0.1, 0.15) is 5.25 Å². The number of carbonyl (C=O) groups is 2. The summed E-state index contributed by atoms with van der Waals surface area (Å²) in [5.74, 6) is 0.205. The lowest BCUT2D eigenvalue weighted by atomic mass is 10.1. The number of hydrogen-bond acceptors (Lipinski definition) is 3. The minimum atomic E-state index is -0.395. The third kappa shape index (κ3) is 5.56. The standard InChI is InChI=1S/C26H26N2O2S/c1-17-8-9-18(2)23(16-17)28-26(30)24(19-6-4-3-5-7-19)31-22-14-12-21(13-15-22)27-25(29)20-10-11-20/h3-9,12-16,20,24H,10-11H2,1-2H3,(H,27,29)(H,28,30). The van der Waals surface area contributed by atoms with Gasteiger partial charge in [0.15, 0.2) is 0 Å². The maximum absolute atomic E-state index is 13.3. The Hall–Kier alpha value is -3.05. The molecule has 4 nitrogen and oxygen atoms in total. The molecule has 0 heterocycles. The SMILES string of the molecule is Cc1ccc(C)c(NC(=O)C(Sc2ccc(NC(=O)C3CC3)cc2)c2ccccc2)c1. The van der Waals surface area contributed by atoms with Crippen molar-refractivity contribution < 1.29 is 9.59 Å². The molecule has 3 aromatic rings. The van der Waals surface area contributed by atoms with Crippen LogP contribution in [0.25, 0.3) is 0 Å². The van der Waals surface area contributed by atoms with Gasteiger partial charge in [-0.2, -0.15) is 0 Å². The van der Waals surface area contributed by atoms with Crippen molar-refractivity contribution in [3.05, 3.63) is 89.5 Å². The van der Waals surface area contributed by atoms with Crippen LogP contribution in [0.1, 0.15) is 34.8 Å². The van der Waals surface area contributed by atoms with Crippen molar-refractivity contribution in [3.8, 4) is 0 Å². The van der Waals surface area contributed by atoms with Gasteiger partial charge in [0.25, 0.3) is 0 Å². The molecule has 2 N–H and O–H groups in total. The summed E-state index contributed by atoms with van der Waals surface area (Å²) in [6, 6.07) is 23.6. The quantitative estimate of drug-likeness (QED) is 0.444. The number of aryl methyl sites for hydroxylation is 2. The van der Waals surface area contributed by atoms with Crippen molar-refractivity contribution in [2.45, 2.75) is 36.8 Å². The van der Waals surface area contributed by atoms with E-state index >= 15 is 0 Å². The van der Waals surface area contributed by atoms with E-state index in [1.54, 1.807) is 0 Å². The van der Waals surface area contributed by atoms with E-state index in [-0.39, 0.29) is 17.7 Å². The van der Waals surface area contributed by atoms with Gasteiger partial charge in [0.2, 0.25) is 11.8 Å². The summed E-state index contributed by atoms with van der Waals surface area (Å²) in [4.78, 5) is 26.2. The summed E-state index contributed by atoms with van der Waals surface area (Å²) < 4.78 is 0. The molecule has 4 rings (SSSR count). The minimum absolute atomic E-state index is 0.0592. The van der Waals surface area contributed by atoms with Crippen LogP contribution in [-0.2, 0) is 9.59 Å². The van der Waals surface area contributed by atoms with Crippen molar-refractivity contribution in [3.63, 3.8) is 0 Å². The van der Waals surface area contributed by atoms with Crippen LogP contribution in [0.4, 0.5) is 11.4 Å². The van der Waals surface area contributed by atoms with Crippen LogP contribution in [0, 0.1) is 19.8 Å². The lowest BCUT2D eigenvalue weighted by Gasteiger charge is -2.18. The lowest BCUT2D eigenvalue weighted by Crippen LogP contribution is -2.19. The Morgan fingerprint density at radius 2 is 1.61 bits per heavy atom. The second kappa shape index (κ2) is 9.40. The Bertz CT molecular complexity index is 1080. The van der Waals surface area contributed by atoms with Gasteiger partial charge in [0, 0.05) is 22.2 Å². The molecule has 1 atom stereocenters. The van der Waals surface area contributed by atoms with Gasteiger partial charge in [-0.05, 0) is 73.7 Å². The Morgan fingerprint density at radius 1 is 0.903 bits per heavy atom. The molecule has 1 aliphatic rings. The first-order valence-corrected chi connectivity index (χ1v) is 11.4. The first-order chi connectivity index (χ1) is 15.0. The van der Waals surface area contributed by atoms with Crippen LogP contribution in [0.2, 0.25) is 0 Å². The molecular formula is C26H26N2O2S. The molecule has 31 heavy (non-hydrogen) atoms. The normalized spacial score (nSPS) is 14.0. The van der Waals surface area contributed by atoms with Crippen molar-refractivity contribution in [2.75, 3.05) is 10.6 Å². The predicted molar refractivity (Wildman–Crippen MR) is 127 cm³/mol. The first kappa shape index (κ1) is 21.2. The number of rotatable bonds is 7. The topological polar surface area (TPSA) is 58.2 Å². The monoisotopic (exact) mass is 430 g/mol. The van der Waals surface area contributed by atoms with Crippen LogP contribution in [0.15, 0.2) is 77.7 Å². The maximum Gasteiger partial charge on any atom is 0.242 e. The highest BCUT2D eigenvalue weighted by Gasteiger charge is 2.29. The first-order valence-electron chi connectivity index (χ1n) is 10.5. The van der Waals surface area contributed by atoms with Gasteiger partial charge in [-0.15, -0.1) is 11.8 Å². The molecule has 1 fully saturated rings. The van der Waals surface area contributed by atoms with Crippen molar-refractivity contribution in [2.24, 2.45) is 5.92 Å². The molecule has 3 aromatic carbocycles. The van der Waals surface area contributed by atoms with Crippen LogP contribution in [-0.4, -0.2) is 11.8 Å². The Balaban J connectivity index is 1.52. The predicted octanol–water partition coefficient (Wildman–Crippen LogP) is 6.12. The molecule has 5 heteroatoms. The highest BCUT2D eigenvalue weighted by Crippen LogP contribution is 2.37. The molecular weight excluding hydrogens is 404 g/mol. The number of benzene rings is 3. The Labute approximate surface area is 187 Å². The summed E-state index contributed by atoms with van der Waals surface area (Å²) >= 11 is 1.50. The zero-order chi connectivity index (χ0) is 21.8. The maximum atomic E-state index is 13.3.